The Morgan fingerprint density at radius 2 is 2.31 bits per heavy atom. The van der Waals surface area contributed by atoms with Crippen molar-refractivity contribution in [1.29, 1.82) is 0 Å². The molecule has 0 saturated heterocycles. The maximum Gasteiger partial charge on any atom is 0.312 e. The molecule has 2 atom stereocenters. The number of carbonyl (C=O) groups excluding carboxylic acids is 1. The normalized spacial score (nSPS) is 31.5. The number of ether oxygens (including phenoxy) is 1. The van der Waals surface area contributed by atoms with E-state index in [1.54, 1.807) is 6.92 Å². The summed E-state index contributed by atoms with van der Waals surface area (Å²) >= 11 is 0. The number of esters is 1. The molecule has 0 aromatic carbocycles. The molecule has 0 radical (unpaired) electrons. The maximum absolute atomic E-state index is 13.6. The van der Waals surface area contributed by atoms with Crippen LogP contribution in [-0.2, 0) is 9.53 Å². The van der Waals surface area contributed by atoms with Gasteiger partial charge >= 0.3 is 5.97 Å². The van der Waals surface area contributed by atoms with E-state index in [4.69, 9.17) is 4.74 Å². The molecule has 1 aliphatic carbocycles. The second-order valence-electron chi connectivity index (χ2n) is 3.65. The van der Waals surface area contributed by atoms with Gasteiger partial charge in [-0.3, -0.25) is 4.79 Å². The summed E-state index contributed by atoms with van der Waals surface area (Å²) < 4.78 is 18.4. The Labute approximate surface area is 78.5 Å². The van der Waals surface area contributed by atoms with Crippen molar-refractivity contribution in [3.63, 3.8) is 0 Å². The predicted molar refractivity (Wildman–Crippen MR) is 48.1 cm³/mol. The Balaban J connectivity index is 2.30. The smallest absolute Gasteiger partial charge is 0.312 e. The summed E-state index contributed by atoms with van der Waals surface area (Å²) in [5.74, 6) is -0.833. The zero-order chi connectivity index (χ0) is 9.90. The van der Waals surface area contributed by atoms with Gasteiger partial charge in [-0.05, 0) is 19.8 Å². The molecule has 0 spiro atoms. The molecule has 3 heteroatoms. The Hall–Kier alpha value is -0.600. The lowest BCUT2D eigenvalue weighted by Gasteiger charge is -2.05. The third kappa shape index (κ3) is 2.42. The van der Waals surface area contributed by atoms with Gasteiger partial charge in [0, 0.05) is 0 Å². The lowest BCUT2D eigenvalue weighted by atomic mass is 10.1. The topological polar surface area (TPSA) is 26.3 Å². The number of hydrogen-bond donors (Lipinski definition) is 0. The molecule has 1 aliphatic rings. The minimum atomic E-state index is -1.23. The van der Waals surface area contributed by atoms with Gasteiger partial charge < -0.3 is 4.74 Å². The van der Waals surface area contributed by atoms with E-state index >= 15 is 0 Å². The molecule has 0 amide bonds. The highest BCUT2D eigenvalue weighted by atomic mass is 19.1. The van der Waals surface area contributed by atoms with Gasteiger partial charge in [-0.25, -0.2) is 4.39 Å². The number of alkyl halides is 1. The van der Waals surface area contributed by atoms with Gasteiger partial charge in [0.25, 0.3) is 0 Å². The molecule has 0 bridgehead atoms. The van der Waals surface area contributed by atoms with Crippen LogP contribution in [0.15, 0.2) is 0 Å². The van der Waals surface area contributed by atoms with Crippen LogP contribution in [0.1, 0.15) is 39.5 Å². The molecule has 1 saturated carbocycles. The Kier molecular flexibility index (Phi) is 3.28. The van der Waals surface area contributed by atoms with E-state index in [0.717, 1.165) is 12.8 Å². The molecule has 0 heterocycles. The van der Waals surface area contributed by atoms with Crippen molar-refractivity contribution in [2.24, 2.45) is 5.92 Å². The van der Waals surface area contributed by atoms with Crippen molar-refractivity contribution in [2.75, 3.05) is 6.61 Å². The minimum Gasteiger partial charge on any atom is -0.466 e. The summed E-state index contributed by atoms with van der Waals surface area (Å²) in [5, 5.41) is 0. The van der Waals surface area contributed by atoms with Crippen molar-refractivity contribution in [3.8, 4) is 0 Å². The lowest BCUT2D eigenvalue weighted by molar-refractivity contribution is -0.145. The van der Waals surface area contributed by atoms with Gasteiger partial charge in [0.1, 0.15) is 5.67 Å². The highest BCUT2D eigenvalue weighted by molar-refractivity contribution is 5.77. The van der Waals surface area contributed by atoms with Gasteiger partial charge in [0.15, 0.2) is 0 Å². The van der Waals surface area contributed by atoms with Crippen molar-refractivity contribution in [2.45, 2.75) is 45.2 Å². The average molecular weight is 188 g/mol. The SMILES string of the molecule is CCCC[C@@]1(F)C[C@H]1C(=O)OCC. The minimum absolute atomic E-state index is 0.346. The van der Waals surface area contributed by atoms with E-state index in [9.17, 15) is 9.18 Å². The van der Waals surface area contributed by atoms with E-state index in [-0.39, 0.29) is 5.97 Å². The molecule has 1 fully saturated rings. The van der Waals surface area contributed by atoms with Gasteiger partial charge in [0.05, 0.1) is 12.5 Å². The third-order valence-electron chi connectivity index (χ3n) is 2.52. The van der Waals surface area contributed by atoms with Crippen molar-refractivity contribution in [3.05, 3.63) is 0 Å². The first-order valence-electron chi connectivity index (χ1n) is 4.99. The van der Waals surface area contributed by atoms with Crippen LogP contribution in [0.5, 0.6) is 0 Å². The monoisotopic (exact) mass is 188 g/mol. The zero-order valence-electron chi connectivity index (χ0n) is 8.31. The van der Waals surface area contributed by atoms with Crippen molar-refractivity contribution in [1.82, 2.24) is 0 Å². The van der Waals surface area contributed by atoms with Gasteiger partial charge in [-0.1, -0.05) is 19.8 Å². The van der Waals surface area contributed by atoms with Crippen LogP contribution in [-0.4, -0.2) is 18.2 Å². The Bertz CT molecular complexity index is 193. The van der Waals surface area contributed by atoms with Crippen LogP contribution >= 0.6 is 0 Å². The summed E-state index contributed by atoms with van der Waals surface area (Å²) in [7, 11) is 0. The molecule has 2 nitrogen and oxygen atoms in total. The van der Waals surface area contributed by atoms with E-state index in [1.165, 1.54) is 0 Å². The molecule has 13 heavy (non-hydrogen) atoms. The second-order valence-corrected chi connectivity index (χ2v) is 3.65. The van der Waals surface area contributed by atoms with Crippen LogP contribution in [0.2, 0.25) is 0 Å². The molecule has 0 N–H and O–H groups in total. The summed E-state index contributed by atoms with van der Waals surface area (Å²) in [6, 6.07) is 0. The Morgan fingerprint density at radius 1 is 1.62 bits per heavy atom. The average Bonchev–Trinajstić information content (AvgIpc) is 2.76. The fourth-order valence-corrected chi connectivity index (χ4v) is 1.56. The predicted octanol–water partition coefficient (Wildman–Crippen LogP) is 2.47. The summed E-state index contributed by atoms with van der Waals surface area (Å²) in [6.07, 6.45) is 2.70. The van der Waals surface area contributed by atoms with Crippen LogP contribution in [0.3, 0.4) is 0 Å². The molecule has 1 rings (SSSR count). The third-order valence-corrected chi connectivity index (χ3v) is 2.52. The number of unbranched alkanes of at least 4 members (excludes halogenated alkanes) is 1. The van der Waals surface area contributed by atoms with Crippen molar-refractivity contribution >= 4 is 5.97 Å². The summed E-state index contributed by atoms with van der Waals surface area (Å²) in [5.41, 5.74) is -1.23. The molecule has 0 unspecified atom stereocenters. The molecule has 0 aromatic heterocycles. The number of rotatable bonds is 5. The largest absolute Gasteiger partial charge is 0.466 e. The molecule has 0 aliphatic heterocycles. The first-order valence-corrected chi connectivity index (χ1v) is 4.99. The van der Waals surface area contributed by atoms with Crippen LogP contribution in [0.25, 0.3) is 0 Å². The van der Waals surface area contributed by atoms with E-state index < -0.39 is 11.6 Å². The molecular weight excluding hydrogens is 171 g/mol. The maximum atomic E-state index is 13.6. The van der Waals surface area contributed by atoms with Crippen molar-refractivity contribution < 1.29 is 13.9 Å². The first kappa shape index (κ1) is 10.5. The molecule has 0 aromatic rings. The van der Waals surface area contributed by atoms with Gasteiger partial charge in [-0.2, -0.15) is 0 Å². The Morgan fingerprint density at radius 3 is 2.85 bits per heavy atom. The van der Waals surface area contributed by atoms with Crippen LogP contribution in [0.4, 0.5) is 4.39 Å². The van der Waals surface area contributed by atoms with E-state index in [1.807, 2.05) is 6.92 Å². The standard InChI is InChI=1S/C10H17FO2/c1-3-5-6-10(11)7-8(10)9(12)13-4-2/h8H,3-7H2,1-2H3/t8-,10+/m0/s1. The summed E-state index contributed by atoms with van der Waals surface area (Å²) in [4.78, 5) is 11.1. The van der Waals surface area contributed by atoms with E-state index in [2.05, 4.69) is 0 Å². The fraction of sp³-hybridized carbons (Fsp3) is 0.900. The zero-order valence-corrected chi connectivity index (χ0v) is 8.31. The number of carbonyl (C=O) groups is 1. The quantitative estimate of drug-likeness (QED) is 0.619. The van der Waals surface area contributed by atoms with Gasteiger partial charge in [-0.15, -0.1) is 0 Å². The van der Waals surface area contributed by atoms with Crippen LogP contribution in [0, 0.1) is 5.92 Å². The van der Waals surface area contributed by atoms with Crippen LogP contribution < -0.4 is 0 Å². The molecular formula is C10H17FO2. The lowest BCUT2D eigenvalue weighted by Crippen LogP contribution is -2.14. The highest BCUT2D eigenvalue weighted by Gasteiger charge is 2.59. The van der Waals surface area contributed by atoms with Gasteiger partial charge in [0.2, 0.25) is 0 Å². The second kappa shape index (κ2) is 4.07. The molecule has 76 valence electrons. The highest BCUT2D eigenvalue weighted by Crippen LogP contribution is 2.51. The fourth-order valence-electron chi connectivity index (χ4n) is 1.56. The number of hydrogen-bond acceptors (Lipinski definition) is 2. The number of halogens is 1. The van der Waals surface area contributed by atoms with E-state index in [0.29, 0.717) is 19.4 Å². The summed E-state index contributed by atoms with van der Waals surface area (Å²) in [6.45, 7) is 4.11. The first-order chi connectivity index (χ1) is 6.14.